The summed E-state index contributed by atoms with van der Waals surface area (Å²) in [5, 5.41) is 2.49. The van der Waals surface area contributed by atoms with Gasteiger partial charge in [-0.25, -0.2) is 4.79 Å². The molecule has 0 aliphatic heterocycles. The third-order valence-corrected chi connectivity index (χ3v) is 1.52. The van der Waals surface area contributed by atoms with Crippen LogP contribution in [-0.4, -0.2) is 6.03 Å². The molecule has 0 spiro atoms. The zero-order valence-corrected chi connectivity index (χ0v) is 6.92. The normalized spacial score (nSPS) is 9.50. The fraction of sp³-hybridized carbons (Fsp3) is 0.111. The van der Waals surface area contributed by atoms with Crippen molar-refractivity contribution in [2.45, 2.75) is 6.92 Å². The summed E-state index contributed by atoms with van der Waals surface area (Å²) < 4.78 is 0. The fourth-order valence-electron chi connectivity index (χ4n) is 0.939. The van der Waals surface area contributed by atoms with Crippen LogP contribution in [0.2, 0.25) is 0 Å². The molecule has 0 unspecified atom stereocenters. The highest BCUT2D eigenvalue weighted by Gasteiger charge is 1.99. The molecule has 1 aromatic rings. The number of primary amides is 1. The number of amides is 2. The van der Waals surface area contributed by atoms with Gasteiger partial charge in [-0.1, -0.05) is 12.1 Å². The summed E-state index contributed by atoms with van der Waals surface area (Å²) in [6, 6.07) is 5.02. The van der Waals surface area contributed by atoms with E-state index in [4.69, 9.17) is 5.73 Å². The second-order valence-electron chi connectivity index (χ2n) is 2.65. The molecule has 0 saturated carbocycles. The summed E-state index contributed by atoms with van der Waals surface area (Å²) >= 11 is 0. The van der Waals surface area contributed by atoms with Gasteiger partial charge < -0.3 is 11.1 Å². The molecule has 3 heteroatoms. The summed E-state index contributed by atoms with van der Waals surface area (Å²) in [5.41, 5.74) is 7.46. The predicted molar refractivity (Wildman–Crippen MR) is 48.8 cm³/mol. The highest BCUT2D eigenvalue weighted by Crippen LogP contribution is 2.15. The maximum absolute atomic E-state index is 10.5. The first-order valence-corrected chi connectivity index (χ1v) is 3.58. The summed E-state index contributed by atoms with van der Waals surface area (Å²) in [6.07, 6.45) is 0. The zero-order valence-electron chi connectivity index (χ0n) is 6.92. The molecular formula is C9H11N2O. The molecule has 0 fully saturated rings. The molecule has 0 bridgehead atoms. The quantitative estimate of drug-likeness (QED) is 0.650. The Morgan fingerprint density at radius 3 is 2.83 bits per heavy atom. The van der Waals surface area contributed by atoms with Crippen LogP contribution in [0.15, 0.2) is 18.2 Å². The van der Waals surface area contributed by atoms with Gasteiger partial charge in [0.2, 0.25) is 0 Å². The van der Waals surface area contributed by atoms with E-state index in [0.29, 0.717) is 5.69 Å². The van der Waals surface area contributed by atoms with Gasteiger partial charge in [0.1, 0.15) is 0 Å². The number of hydrogen-bond donors (Lipinski definition) is 2. The molecule has 0 aliphatic carbocycles. The molecule has 0 atom stereocenters. The van der Waals surface area contributed by atoms with E-state index in [9.17, 15) is 4.79 Å². The Labute approximate surface area is 71.6 Å². The minimum atomic E-state index is -0.564. The molecule has 0 heterocycles. The molecule has 12 heavy (non-hydrogen) atoms. The number of nitrogens with two attached hydrogens (primary N) is 1. The summed E-state index contributed by atoms with van der Waals surface area (Å²) in [7, 11) is 0. The molecule has 3 N–H and O–H groups in total. The summed E-state index contributed by atoms with van der Waals surface area (Å²) in [4.78, 5) is 10.5. The van der Waals surface area contributed by atoms with Crippen LogP contribution in [0.4, 0.5) is 10.5 Å². The van der Waals surface area contributed by atoms with Crippen LogP contribution in [0.3, 0.4) is 0 Å². The molecule has 1 aromatic carbocycles. The van der Waals surface area contributed by atoms with Gasteiger partial charge in [0.15, 0.2) is 0 Å². The lowest BCUT2D eigenvalue weighted by Gasteiger charge is -2.05. The van der Waals surface area contributed by atoms with Crippen LogP contribution in [-0.2, 0) is 0 Å². The molecule has 3 nitrogen and oxygen atoms in total. The lowest BCUT2D eigenvalue weighted by atomic mass is 10.1. The number of anilines is 1. The third-order valence-electron chi connectivity index (χ3n) is 1.52. The standard InChI is InChI=1S/C9H11N2O/c1-6-3-4-7(2)8(5-6)11-9(10)12/h3-5H,2H2,1H3,(H3,10,11,12). The minimum Gasteiger partial charge on any atom is -0.351 e. The van der Waals surface area contributed by atoms with Gasteiger partial charge in [-0.2, -0.15) is 0 Å². The van der Waals surface area contributed by atoms with Crippen molar-refractivity contribution in [2.75, 3.05) is 5.32 Å². The van der Waals surface area contributed by atoms with E-state index in [0.717, 1.165) is 11.1 Å². The Morgan fingerprint density at radius 1 is 1.58 bits per heavy atom. The van der Waals surface area contributed by atoms with Crippen LogP contribution in [0.25, 0.3) is 0 Å². The SMILES string of the molecule is [CH2]c1ccc(C)cc1NC(N)=O. The molecule has 0 aromatic heterocycles. The van der Waals surface area contributed by atoms with Crippen LogP contribution in [0.5, 0.6) is 0 Å². The minimum absolute atomic E-state index is 0.564. The number of urea groups is 1. The Bertz CT molecular complexity index is 307. The Morgan fingerprint density at radius 2 is 2.25 bits per heavy atom. The topological polar surface area (TPSA) is 55.1 Å². The van der Waals surface area contributed by atoms with E-state index in [-0.39, 0.29) is 0 Å². The first-order valence-electron chi connectivity index (χ1n) is 3.58. The number of benzene rings is 1. The van der Waals surface area contributed by atoms with Crippen molar-refractivity contribution in [1.29, 1.82) is 0 Å². The first-order chi connectivity index (χ1) is 5.59. The number of carbonyl (C=O) groups excluding carboxylic acids is 1. The van der Waals surface area contributed by atoms with Crippen molar-refractivity contribution in [1.82, 2.24) is 0 Å². The second-order valence-corrected chi connectivity index (χ2v) is 2.65. The monoisotopic (exact) mass is 163 g/mol. The van der Waals surface area contributed by atoms with E-state index in [1.54, 1.807) is 0 Å². The van der Waals surface area contributed by atoms with Gasteiger partial charge in [-0.3, -0.25) is 0 Å². The zero-order chi connectivity index (χ0) is 9.14. The number of rotatable bonds is 1. The molecule has 63 valence electrons. The maximum atomic E-state index is 10.5. The average molecular weight is 163 g/mol. The summed E-state index contributed by atoms with van der Waals surface area (Å²) in [6.45, 7) is 5.68. The second kappa shape index (κ2) is 3.26. The number of aryl methyl sites for hydroxylation is 1. The molecule has 0 saturated heterocycles. The van der Waals surface area contributed by atoms with Crippen molar-refractivity contribution in [3.63, 3.8) is 0 Å². The largest absolute Gasteiger partial charge is 0.351 e. The number of carbonyl (C=O) groups is 1. The van der Waals surface area contributed by atoms with E-state index in [1.807, 2.05) is 25.1 Å². The van der Waals surface area contributed by atoms with Gasteiger partial charge >= 0.3 is 6.03 Å². The molecular weight excluding hydrogens is 152 g/mol. The van der Waals surface area contributed by atoms with Gasteiger partial charge in [-0.15, -0.1) is 0 Å². The van der Waals surface area contributed by atoms with E-state index in [1.165, 1.54) is 0 Å². The Kier molecular flexibility index (Phi) is 2.33. The lowest BCUT2D eigenvalue weighted by Crippen LogP contribution is -2.19. The van der Waals surface area contributed by atoms with Crippen molar-refractivity contribution in [3.05, 3.63) is 36.2 Å². The number of nitrogens with one attached hydrogen (secondary N) is 1. The molecule has 1 radical (unpaired) electrons. The Balaban J connectivity index is 2.97. The van der Waals surface area contributed by atoms with E-state index >= 15 is 0 Å². The highest BCUT2D eigenvalue weighted by molar-refractivity contribution is 5.89. The van der Waals surface area contributed by atoms with Gasteiger partial charge in [0, 0.05) is 5.69 Å². The van der Waals surface area contributed by atoms with Gasteiger partial charge in [-0.05, 0) is 31.0 Å². The van der Waals surface area contributed by atoms with Crippen LogP contribution >= 0.6 is 0 Å². The van der Waals surface area contributed by atoms with Crippen molar-refractivity contribution in [2.24, 2.45) is 5.73 Å². The first kappa shape index (κ1) is 8.59. The number of hydrogen-bond acceptors (Lipinski definition) is 1. The van der Waals surface area contributed by atoms with E-state index < -0.39 is 6.03 Å². The van der Waals surface area contributed by atoms with Crippen molar-refractivity contribution in [3.8, 4) is 0 Å². The third kappa shape index (κ3) is 1.99. The fourth-order valence-corrected chi connectivity index (χ4v) is 0.939. The predicted octanol–water partition coefficient (Wildman–Crippen LogP) is 1.67. The van der Waals surface area contributed by atoms with Crippen LogP contribution in [0.1, 0.15) is 11.1 Å². The maximum Gasteiger partial charge on any atom is 0.316 e. The van der Waals surface area contributed by atoms with Crippen molar-refractivity contribution < 1.29 is 4.79 Å². The summed E-state index contributed by atoms with van der Waals surface area (Å²) in [5.74, 6) is 0. The van der Waals surface area contributed by atoms with Crippen LogP contribution < -0.4 is 11.1 Å². The Hall–Kier alpha value is -1.51. The molecule has 1 rings (SSSR count). The van der Waals surface area contributed by atoms with Gasteiger partial charge in [0.25, 0.3) is 0 Å². The average Bonchev–Trinajstić information content (AvgIpc) is 1.96. The van der Waals surface area contributed by atoms with E-state index in [2.05, 4.69) is 12.2 Å². The lowest BCUT2D eigenvalue weighted by molar-refractivity contribution is 0.259. The van der Waals surface area contributed by atoms with Gasteiger partial charge in [0.05, 0.1) is 0 Å². The van der Waals surface area contributed by atoms with Crippen LogP contribution in [0, 0.1) is 13.8 Å². The smallest absolute Gasteiger partial charge is 0.316 e. The molecule has 2 amide bonds. The molecule has 0 aliphatic rings. The van der Waals surface area contributed by atoms with Crippen molar-refractivity contribution >= 4 is 11.7 Å². The highest BCUT2D eigenvalue weighted by atomic mass is 16.2.